The van der Waals surface area contributed by atoms with Gasteiger partial charge in [-0.15, -0.1) is 0 Å². The van der Waals surface area contributed by atoms with Gasteiger partial charge in [-0.2, -0.15) is 0 Å². The van der Waals surface area contributed by atoms with Crippen molar-refractivity contribution in [3.05, 3.63) is 0 Å². The molecule has 1 aliphatic carbocycles. The zero-order valence-corrected chi connectivity index (χ0v) is 12.3. The van der Waals surface area contributed by atoms with Crippen LogP contribution in [-0.2, 0) is 0 Å². The summed E-state index contributed by atoms with van der Waals surface area (Å²) in [5, 5.41) is 3.69. The fourth-order valence-electron chi connectivity index (χ4n) is 2.54. The van der Waals surface area contributed by atoms with Crippen LogP contribution in [0.4, 0.5) is 0 Å². The van der Waals surface area contributed by atoms with Gasteiger partial charge in [0.2, 0.25) is 0 Å². The highest BCUT2D eigenvalue weighted by Gasteiger charge is 2.24. The maximum atomic E-state index is 3.69. The molecule has 0 radical (unpaired) electrons. The number of nitrogens with one attached hydrogen (secondary N) is 1. The van der Waals surface area contributed by atoms with E-state index in [9.17, 15) is 0 Å². The first kappa shape index (κ1) is 15.0. The normalized spacial score (nSPS) is 18.0. The van der Waals surface area contributed by atoms with E-state index in [-0.39, 0.29) is 0 Å². The molecule has 2 heteroatoms. The molecule has 0 aromatic rings. The van der Waals surface area contributed by atoms with Crippen LogP contribution in [0.2, 0.25) is 0 Å². The van der Waals surface area contributed by atoms with Crippen LogP contribution in [-0.4, -0.2) is 36.6 Å². The Morgan fingerprint density at radius 2 is 1.71 bits per heavy atom. The van der Waals surface area contributed by atoms with E-state index in [1.54, 1.807) is 0 Å². The summed E-state index contributed by atoms with van der Waals surface area (Å²) in [6.45, 7) is 13.0. The summed E-state index contributed by atoms with van der Waals surface area (Å²) < 4.78 is 0. The summed E-state index contributed by atoms with van der Waals surface area (Å²) in [5.74, 6) is 0.880. The average molecular weight is 240 g/mol. The maximum Gasteiger partial charge on any atom is 0.0218 e. The van der Waals surface area contributed by atoms with Gasteiger partial charge in [0.05, 0.1) is 0 Å². The number of hydrogen-bond donors (Lipinski definition) is 1. The third kappa shape index (κ3) is 5.39. The van der Waals surface area contributed by atoms with Gasteiger partial charge in [0.25, 0.3) is 0 Å². The molecule has 0 heterocycles. The number of likely N-dealkylation sites (N-methyl/N-ethyl adjacent to an activating group) is 1. The molecule has 17 heavy (non-hydrogen) atoms. The number of rotatable bonds is 10. The van der Waals surface area contributed by atoms with Crippen LogP contribution in [0.25, 0.3) is 0 Å². The first-order valence-corrected chi connectivity index (χ1v) is 7.72. The Morgan fingerprint density at radius 3 is 2.12 bits per heavy atom. The van der Waals surface area contributed by atoms with Crippen molar-refractivity contribution < 1.29 is 0 Å². The fraction of sp³-hybridized carbons (Fsp3) is 1.00. The molecular weight excluding hydrogens is 208 g/mol. The standard InChI is InChI=1S/C15H32N2/c1-5-13(6-2)12-17(8-4)15(7-3)11-16-14-9-10-14/h13-16H,5-12H2,1-4H3. The van der Waals surface area contributed by atoms with Crippen molar-refractivity contribution in [3.63, 3.8) is 0 Å². The Morgan fingerprint density at radius 1 is 1.06 bits per heavy atom. The third-order valence-electron chi connectivity index (χ3n) is 4.26. The molecule has 1 atom stereocenters. The van der Waals surface area contributed by atoms with Crippen molar-refractivity contribution in [2.75, 3.05) is 19.6 Å². The molecule has 0 aliphatic heterocycles. The molecule has 2 nitrogen and oxygen atoms in total. The van der Waals surface area contributed by atoms with E-state index < -0.39 is 0 Å². The fourth-order valence-corrected chi connectivity index (χ4v) is 2.54. The van der Waals surface area contributed by atoms with Crippen molar-refractivity contribution in [2.24, 2.45) is 5.92 Å². The second-order valence-electron chi connectivity index (χ2n) is 5.51. The Labute approximate surface area is 108 Å². The lowest BCUT2D eigenvalue weighted by molar-refractivity contribution is 0.162. The number of nitrogens with zero attached hydrogens (tertiary/aromatic N) is 1. The largest absolute Gasteiger partial charge is 0.312 e. The van der Waals surface area contributed by atoms with Gasteiger partial charge >= 0.3 is 0 Å². The molecule has 0 amide bonds. The smallest absolute Gasteiger partial charge is 0.0218 e. The molecule has 1 aliphatic rings. The van der Waals surface area contributed by atoms with Crippen molar-refractivity contribution >= 4 is 0 Å². The van der Waals surface area contributed by atoms with E-state index in [4.69, 9.17) is 0 Å². The molecule has 1 unspecified atom stereocenters. The predicted octanol–water partition coefficient (Wildman–Crippen LogP) is 3.28. The average Bonchev–Trinajstić information content (AvgIpc) is 3.17. The molecule has 1 saturated carbocycles. The maximum absolute atomic E-state index is 3.69. The zero-order chi connectivity index (χ0) is 12.7. The summed E-state index contributed by atoms with van der Waals surface area (Å²) in [7, 11) is 0. The van der Waals surface area contributed by atoms with Crippen LogP contribution in [0, 0.1) is 5.92 Å². The summed E-state index contributed by atoms with van der Waals surface area (Å²) in [5.41, 5.74) is 0. The predicted molar refractivity (Wildman–Crippen MR) is 76.4 cm³/mol. The number of hydrogen-bond acceptors (Lipinski definition) is 2. The molecule has 0 bridgehead atoms. The van der Waals surface area contributed by atoms with Crippen LogP contribution in [0.15, 0.2) is 0 Å². The summed E-state index contributed by atoms with van der Waals surface area (Å²) >= 11 is 0. The topological polar surface area (TPSA) is 15.3 Å². The third-order valence-corrected chi connectivity index (χ3v) is 4.26. The molecule has 0 saturated heterocycles. The minimum Gasteiger partial charge on any atom is -0.312 e. The highest BCUT2D eigenvalue weighted by molar-refractivity contribution is 4.84. The summed E-state index contributed by atoms with van der Waals surface area (Å²) in [6, 6.07) is 1.58. The molecule has 1 fully saturated rings. The molecule has 0 aromatic heterocycles. The Bertz CT molecular complexity index is 185. The monoisotopic (exact) mass is 240 g/mol. The van der Waals surface area contributed by atoms with Crippen molar-refractivity contribution in [3.8, 4) is 0 Å². The van der Waals surface area contributed by atoms with Crippen LogP contribution in [0.5, 0.6) is 0 Å². The second kappa shape index (κ2) is 8.10. The Balaban J connectivity index is 2.36. The molecule has 1 N–H and O–H groups in total. The first-order chi connectivity index (χ1) is 8.24. The van der Waals surface area contributed by atoms with E-state index in [1.807, 2.05) is 0 Å². The van der Waals surface area contributed by atoms with Crippen LogP contribution >= 0.6 is 0 Å². The molecule has 0 aromatic carbocycles. The van der Waals surface area contributed by atoms with Gasteiger partial charge in [0, 0.05) is 25.2 Å². The van der Waals surface area contributed by atoms with E-state index in [2.05, 4.69) is 37.9 Å². The minimum atomic E-state index is 0.737. The molecular formula is C15H32N2. The molecule has 102 valence electrons. The van der Waals surface area contributed by atoms with E-state index in [0.717, 1.165) is 18.0 Å². The lowest BCUT2D eigenvalue weighted by Gasteiger charge is -2.33. The highest BCUT2D eigenvalue weighted by atomic mass is 15.2. The van der Waals surface area contributed by atoms with E-state index in [1.165, 1.54) is 51.7 Å². The Hall–Kier alpha value is -0.0800. The van der Waals surface area contributed by atoms with Gasteiger partial charge in [0.15, 0.2) is 0 Å². The van der Waals surface area contributed by atoms with Gasteiger partial charge < -0.3 is 5.32 Å². The first-order valence-electron chi connectivity index (χ1n) is 7.72. The van der Waals surface area contributed by atoms with E-state index in [0.29, 0.717) is 0 Å². The minimum absolute atomic E-state index is 0.737. The van der Waals surface area contributed by atoms with Crippen molar-refractivity contribution in [1.82, 2.24) is 10.2 Å². The Kier molecular flexibility index (Phi) is 7.14. The van der Waals surface area contributed by atoms with Gasteiger partial charge in [-0.1, -0.05) is 40.5 Å². The van der Waals surface area contributed by atoms with Crippen molar-refractivity contribution in [1.29, 1.82) is 0 Å². The van der Waals surface area contributed by atoms with Gasteiger partial charge in [-0.05, 0) is 31.7 Å². The molecule has 1 rings (SSSR count). The zero-order valence-electron chi connectivity index (χ0n) is 12.3. The highest BCUT2D eigenvalue weighted by Crippen LogP contribution is 2.19. The van der Waals surface area contributed by atoms with Crippen molar-refractivity contribution in [2.45, 2.75) is 71.9 Å². The van der Waals surface area contributed by atoms with Crippen LogP contribution in [0.3, 0.4) is 0 Å². The van der Waals surface area contributed by atoms with Gasteiger partial charge in [-0.25, -0.2) is 0 Å². The lowest BCUT2D eigenvalue weighted by Crippen LogP contribution is -2.44. The second-order valence-corrected chi connectivity index (χ2v) is 5.51. The van der Waals surface area contributed by atoms with Gasteiger partial charge in [-0.3, -0.25) is 4.90 Å². The van der Waals surface area contributed by atoms with Crippen LogP contribution in [0.1, 0.15) is 59.8 Å². The summed E-state index contributed by atoms with van der Waals surface area (Å²) in [4.78, 5) is 2.69. The molecule has 0 spiro atoms. The quantitative estimate of drug-likeness (QED) is 0.630. The van der Waals surface area contributed by atoms with Gasteiger partial charge in [0.1, 0.15) is 0 Å². The summed E-state index contributed by atoms with van der Waals surface area (Å²) in [6.07, 6.45) is 6.71. The SMILES string of the molecule is CCC(CC)CN(CC)C(CC)CNC1CC1. The lowest BCUT2D eigenvalue weighted by atomic mass is 10.0. The van der Waals surface area contributed by atoms with Crippen LogP contribution < -0.4 is 5.32 Å². The van der Waals surface area contributed by atoms with E-state index >= 15 is 0 Å².